The Bertz CT molecular complexity index is 6.00. The number of halogens is 2. The van der Waals surface area contributed by atoms with Crippen molar-refractivity contribution < 1.29 is 0 Å². The van der Waals surface area contributed by atoms with E-state index in [2.05, 4.69) is 30.6 Å². The first-order chi connectivity index (χ1) is 1.91. The van der Waals surface area contributed by atoms with Crippen molar-refractivity contribution in [3.63, 3.8) is 0 Å². The summed E-state index contributed by atoms with van der Waals surface area (Å²) in [5.74, 6) is 0. The molecule has 0 atom stereocenters. The molecule has 0 aromatic carbocycles. The highest BCUT2D eigenvalue weighted by Gasteiger charge is 1.69. The molecule has 0 N–H and O–H groups in total. The molecular weight excluding hydrogens is 216 g/mol. The Kier molecular flexibility index (Phi) is 5.92. The van der Waals surface area contributed by atoms with Crippen LogP contribution in [0.4, 0.5) is 0 Å². The molecule has 0 rings (SSSR count). The van der Waals surface area contributed by atoms with E-state index < -0.39 is 0 Å². The van der Waals surface area contributed by atoms with E-state index in [4.69, 9.17) is 0 Å². The quantitative estimate of drug-likeness (QED) is 0.451. The Morgan fingerprint density at radius 1 is 1.00 bits per heavy atom. The highest BCUT2D eigenvalue weighted by atomic mass is 79.9. The predicted octanol–water partition coefficient (Wildman–Crippen LogP) is 0.930. The van der Waals surface area contributed by atoms with Gasteiger partial charge in [-0.15, -0.1) is 30.6 Å². The lowest BCUT2D eigenvalue weighted by Gasteiger charge is -1.56. The molecule has 4 radical (unpaired) electrons. The Morgan fingerprint density at radius 3 is 1.25 bits per heavy atom. The summed E-state index contributed by atoms with van der Waals surface area (Å²) in [6.45, 7) is 0. The number of rotatable bonds is 1. The highest BCUT2D eigenvalue weighted by molar-refractivity contribution is 9.32. The summed E-state index contributed by atoms with van der Waals surface area (Å²) in [5.41, 5.74) is 0. The van der Waals surface area contributed by atoms with Crippen molar-refractivity contribution in [2.24, 2.45) is 0 Å². The van der Waals surface area contributed by atoms with E-state index >= 15 is 0 Å². The van der Waals surface area contributed by atoms with Crippen LogP contribution in [0, 0.1) is 0 Å². The molecule has 22 valence electrons. The van der Waals surface area contributed by atoms with Crippen LogP contribution in [0.15, 0.2) is 0 Å². The van der Waals surface area contributed by atoms with Gasteiger partial charge in [0, 0.05) is 0 Å². The van der Waals surface area contributed by atoms with Crippen molar-refractivity contribution in [3.05, 3.63) is 0 Å². The largest absolute Gasteiger partial charge is 0.135 e. The van der Waals surface area contributed by atoms with Gasteiger partial charge >= 0.3 is 0 Å². The van der Waals surface area contributed by atoms with Crippen LogP contribution in [0.2, 0.25) is 0 Å². The predicted molar refractivity (Wildman–Crippen MR) is 29.4 cm³/mol. The van der Waals surface area contributed by atoms with Gasteiger partial charge in [0.25, 0.3) is 0 Å². The second-order valence-corrected chi connectivity index (χ2v) is 8.84. The molecule has 0 spiro atoms. The average molecular weight is 216 g/mol. The molecule has 4 heavy (non-hydrogen) atoms. The Balaban J connectivity index is 1.97. The molecule has 0 aliphatic carbocycles. The molecule has 0 aromatic heterocycles. The van der Waals surface area contributed by atoms with Gasteiger partial charge in [-0.3, -0.25) is 0 Å². The minimum Gasteiger partial charge on any atom is -0.135 e. The van der Waals surface area contributed by atoms with Crippen molar-refractivity contribution >= 4 is 45.9 Å². The summed E-state index contributed by atoms with van der Waals surface area (Å²) < 4.78 is 0. The van der Waals surface area contributed by atoms with Crippen molar-refractivity contribution in [2.75, 3.05) is 0 Å². The molecule has 0 heterocycles. The first-order valence-electron chi connectivity index (χ1n) is 0.628. The zero-order chi connectivity index (χ0) is 3.41. The van der Waals surface area contributed by atoms with E-state index in [0.717, 1.165) is 15.3 Å². The number of hydrogen-bond acceptors (Lipinski definition) is 0. The van der Waals surface area contributed by atoms with Crippen molar-refractivity contribution in [2.45, 2.75) is 0 Å². The summed E-state index contributed by atoms with van der Waals surface area (Å²) in [4.78, 5) is 0. The second kappa shape index (κ2) is 4.39. The molecule has 0 aliphatic rings. The number of hydrogen-bond donors (Lipinski definition) is 0. The summed E-state index contributed by atoms with van der Waals surface area (Å²) in [5, 5.41) is 0. The van der Waals surface area contributed by atoms with Gasteiger partial charge in [0.1, 0.15) is 15.3 Å². The zero-order valence-corrected chi connectivity index (χ0v) is 6.93. The maximum Gasteiger partial charge on any atom is 0.135 e. The maximum atomic E-state index is 3.24. The SMILES string of the molecule is Br[Si][Si]Br. The lowest BCUT2D eigenvalue weighted by atomic mass is 27.1. The van der Waals surface area contributed by atoms with E-state index in [-0.39, 0.29) is 0 Å². The third kappa shape index (κ3) is 3.39. The topological polar surface area (TPSA) is 0 Å². The summed E-state index contributed by atoms with van der Waals surface area (Å²) >= 11 is 6.48. The average Bonchev–Trinajstić information content (AvgIpc) is 1.37. The molecule has 0 aliphatic heterocycles. The monoisotopic (exact) mass is 214 g/mol. The summed E-state index contributed by atoms with van der Waals surface area (Å²) in [6.07, 6.45) is 0. The molecule has 0 saturated carbocycles. The van der Waals surface area contributed by atoms with Crippen molar-refractivity contribution in [3.8, 4) is 0 Å². The van der Waals surface area contributed by atoms with Crippen LogP contribution < -0.4 is 0 Å². The zero-order valence-electron chi connectivity index (χ0n) is 1.76. The molecular formula is Br2Si2. The standard InChI is InChI=1S/Br2Si2/c1-3-4-2. The fourth-order valence-electron chi connectivity index (χ4n) is 0. The Labute approximate surface area is 45.9 Å². The fraction of sp³-hybridized carbons (Fsp3) is 0. The minimum absolute atomic E-state index is 0.897. The van der Waals surface area contributed by atoms with Gasteiger partial charge < -0.3 is 0 Å². The molecule has 0 amide bonds. The smallest absolute Gasteiger partial charge is 0.135 e. The third-order valence-electron chi connectivity index (χ3n) is 0.0357. The van der Waals surface area contributed by atoms with E-state index in [9.17, 15) is 0 Å². The van der Waals surface area contributed by atoms with E-state index in [0.29, 0.717) is 0 Å². The molecule has 0 saturated heterocycles. The Hall–Kier alpha value is 1.39. The third-order valence-corrected chi connectivity index (χ3v) is 8.68. The van der Waals surface area contributed by atoms with E-state index in [1.54, 1.807) is 0 Å². The lowest BCUT2D eigenvalue weighted by Crippen LogP contribution is -1.76. The van der Waals surface area contributed by atoms with Crippen LogP contribution in [-0.4, -0.2) is 15.3 Å². The lowest BCUT2D eigenvalue weighted by molar-refractivity contribution is 4.53. The molecule has 0 aromatic rings. The fourth-order valence-corrected chi connectivity index (χ4v) is 0. The van der Waals surface area contributed by atoms with Crippen molar-refractivity contribution in [1.29, 1.82) is 0 Å². The van der Waals surface area contributed by atoms with Gasteiger partial charge in [0.05, 0.1) is 0 Å². The van der Waals surface area contributed by atoms with Gasteiger partial charge in [0.15, 0.2) is 0 Å². The van der Waals surface area contributed by atoms with Crippen LogP contribution >= 0.6 is 30.6 Å². The van der Waals surface area contributed by atoms with Gasteiger partial charge in [-0.1, -0.05) is 0 Å². The van der Waals surface area contributed by atoms with Crippen LogP contribution in [0.5, 0.6) is 0 Å². The molecule has 0 bridgehead atoms. The second-order valence-electron chi connectivity index (χ2n) is 0.189. The van der Waals surface area contributed by atoms with Gasteiger partial charge in [-0.2, -0.15) is 0 Å². The summed E-state index contributed by atoms with van der Waals surface area (Å²) in [7, 11) is 1.79. The maximum absolute atomic E-state index is 3.24. The van der Waals surface area contributed by atoms with Crippen LogP contribution in [-0.2, 0) is 0 Å². The first kappa shape index (κ1) is 5.39. The highest BCUT2D eigenvalue weighted by Crippen LogP contribution is 1.74. The minimum atomic E-state index is 0.897. The van der Waals surface area contributed by atoms with E-state index in [1.165, 1.54) is 0 Å². The van der Waals surface area contributed by atoms with Gasteiger partial charge in [-0.05, 0) is 0 Å². The van der Waals surface area contributed by atoms with Crippen molar-refractivity contribution in [1.82, 2.24) is 0 Å². The van der Waals surface area contributed by atoms with Gasteiger partial charge in [0.2, 0.25) is 0 Å². The molecule has 0 nitrogen and oxygen atoms in total. The summed E-state index contributed by atoms with van der Waals surface area (Å²) in [6, 6.07) is 0. The molecule has 0 unspecified atom stereocenters. The van der Waals surface area contributed by atoms with E-state index in [1.807, 2.05) is 0 Å². The molecule has 4 heteroatoms. The first-order valence-corrected chi connectivity index (χ1v) is 8.14. The van der Waals surface area contributed by atoms with Crippen LogP contribution in [0.1, 0.15) is 0 Å². The normalized spacial score (nSPS) is 7.50. The van der Waals surface area contributed by atoms with Crippen LogP contribution in [0.3, 0.4) is 0 Å². The van der Waals surface area contributed by atoms with Gasteiger partial charge in [-0.25, -0.2) is 0 Å². The Morgan fingerprint density at radius 2 is 1.25 bits per heavy atom. The molecule has 0 fully saturated rings. The van der Waals surface area contributed by atoms with Crippen LogP contribution in [0.25, 0.3) is 0 Å².